The van der Waals surface area contributed by atoms with Gasteiger partial charge in [0.05, 0.1) is 22.4 Å². The Morgan fingerprint density at radius 3 is 1.94 bits per heavy atom. The molecule has 0 bridgehead atoms. The van der Waals surface area contributed by atoms with Crippen molar-refractivity contribution in [3.05, 3.63) is 97.1 Å². The molecule has 1 fully saturated rings. The fourth-order valence-corrected chi connectivity index (χ4v) is 4.86. The van der Waals surface area contributed by atoms with Gasteiger partial charge in [0.1, 0.15) is 0 Å². The normalized spacial score (nSPS) is 16.7. The first-order valence-corrected chi connectivity index (χ1v) is 12.2. The van der Waals surface area contributed by atoms with Crippen LogP contribution in [0, 0.1) is 0 Å². The molecule has 1 saturated heterocycles. The molecule has 0 spiro atoms. The van der Waals surface area contributed by atoms with Gasteiger partial charge in [0.25, 0.3) is 0 Å². The van der Waals surface area contributed by atoms with Crippen molar-refractivity contribution >= 4 is 34.3 Å². The van der Waals surface area contributed by atoms with E-state index in [1.165, 1.54) is 21.9 Å². The number of para-hydroxylation sites is 1. The largest absolute Gasteiger partial charge is 0.494 e. The Morgan fingerprint density at radius 1 is 0.600 bits per heavy atom. The summed E-state index contributed by atoms with van der Waals surface area (Å²) in [6.07, 6.45) is 0. The number of fused-ring (bicyclic) bond motifs is 3. The van der Waals surface area contributed by atoms with Crippen molar-refractivity contribution in [2.75, 3.05) is 0 Å². The van der Waals surface area contributed by atoms with Gasteiger partial charge in [-0.2, -0.15) is 0 Å². The van der Waals surface area contributed by atoms with Crippen molar-refractivity contribution in [2.24, 2.45) is 0 Å². The Kier molecular flexibility index (Phi) is 5.06. The van der Waals surface area contributed by atoms with Gasteiger partial charge in [-0.3, -0.25) is 0 Å². The third-order valence-corrected chi connectivity index (χ3v) is 7.52. The number of pyridine rings is 1. The third-order valence-electron chi connectivity index (χ3n) is 7.52. The highest BCUT2D eigenvalue weighted by Crippen LogP contribution is 2.39. The molecule has 4 heteroatoms. The van der Waals surface area contributed by atoms with E-state index in [-0.39, 0.29) is 18.3 Å². The van der Waals surface area contributed by atoms with Crippen LogP contribution in [0.2, 0.25) is 0 Å². The molecule has 1 aliphatic heterocycles. The SMILES string of the molecule is CC1(C)OB(c2ccc(-c3nc4ccccc4c4c(-c5ccccc5)cccc34)cc2)OC1(C)C. The first-order chi connectivity index (χ1) is 16.8. The molecule has 1 aliphatic rings. The monoisotopic (exact) mass is 457 g/mol. The summed E-state index contributed by atoms with van der Waals surface area (Å²) in [5.74, 6) is 0. The van der Waals surface area contributed by atoms with E-state index in [0.29, 0.717) is 0 Å². The smallest absolute Gasteiger partial charge is 0.399 e. The summed E-state index contributed by atoms with van der Waals surface area (Å²) in [5.41, 5.74) is 5.77. The van der Waals surface area contributed by atoms with E-state index in [4.69, 9.17) is 14.3 Å². The van der Waals surface area contributed by atoms with Crippen molar-refractivity contribution < 1.29 is 9.31 Å². The van der Waals surface area contributed by atoms with Gasteiger partial charge >= 0.3 is 7.12 Å². The van der Waals surface area contributed by atoms with Crippen LogP contribution in [0.1, 0.15) is 27.7 Å². The molecule has 0 saturated carbocycles. The fourth-order valence-electron chi connectivity index (χ4n) is 4.86. The molecule has 0 atom stereocenters. The highest BCUT2D eigenvalue weighted by Gasteiger charge is 2.51. The van der Waals surface area contributed by atoms with Crippen LogP contribution in [0.15, 0.2) is 97.1 Å². The predicted molar refractivity (Wildman–Crippen MR) is 146 cm³/mol. The Labute approximate surface area is 206 Å². The lowest BCUT2D eigenvalue weighted by Crippen LogP contribution is -2.41. The second kappa shape index (κ2) is 8.05. The standard InChI is InChI=1S/C31H28BNO2/c1-30(2)31(3,4)35-32(34-30)23-19-17-22(18-20-23)29-26-15-10-14-24(21-11-6-5-7-12-21)28(26)25-13-8-9-16-27(25)33-29/h5-20H,1-4H3. The minimum absolute atomic E-state index is 0.361. The zero-order valence-electron chi connectivity index (χ0n) is 20.6. The molecule has 0 unspecified atom stereocenters. The summed E-state index contributed by atoms with van der Waals surface area (Å²) in [6, 6.07) is 34.0. The van der Waals surface area contributed by atoms with Gasteiger partial charge in [-0.25, -0.2) is 4.98 Å². The molecular weight excluding hydrogens is 429 g/mol. The number of rotatable bonds is 3. The Bertz CT molecular complexity index is 1530. The van der Waals surface area contributed by atoms with Gasteiger partial charge in [0, 0.05) is 21.7 Å². The molecule has 5 aromatic rings. The molecule has 6 rings (SSSR count). The molecule has 4 aromatic carbocycles. The zero-order chi connectivity index (χ0) is 24.2. The maximum Gasteiger partial charge on any atom is 0.494 e. The van der Waals surface area contributed by atoms with Gasteiger partial charge in [-0.15, -0.1) is 0 Å². The summed E-state index contributed by atoms with van der Waals surface area (Å²) >= 11 is 0. The molecule has 35 heavy (non-hydrogen) atoms. The highest BCUT2D eigenvalue weighted by atomic mass is 16.7. The van der Waals surface area contributed by atoms with Crippen LogP contribution in [-0.4, -0.2) is 23.3 Å². The summed E-state index contributed by atoms with van der Waals surface area (Å²) in [7, 11) is -0.375. The van der Waals surface area contributed by atoms with Crippen molar-refractivity contribution in [3.8, 4) is 22.4 Å². The van der Waals surface area contributed by atoms with E-state index in [9.17, 15) is 0 Å². The van der Waals surface area contributed by atoms with Crippen LogP contribution >= 0.6 is 0 Å². The van der Waals surface area contributed by atoms with Crippen LogP contribution in [0.4, 0.5) is 0 Å². The molecule has 0 amide bonds. The number of hydrogen-bond acceptors (Lipinski definition) is 3. The van der Waals surface area contributed by atoms with E-state index < -0.39 is 0 Å². The van der Waals surface area contributed by atoms with Crippen molar-refractivity contribution in [1.82, 2.24) is 4.98 Å². The molecule has 2 heterocycles. The van der Waals surface area contributed by atoms with Crippen molar-refractivity contribution in [3.63, 3.8) is 0 Å². The molecule has 0 N–H and O–H groups in total. The first-order valence-electron chi connectivity index (χ1n) is 12.2. The summed E-state index contributed by atoms with van der Waals surface area (Å²) < 4.78 is 12.5. The van der Waals surface area contributed by atoms with Gasteiger partial charge in [0.2, 0.25) is 0 Å². The number of aromatic nitrogens is 1. The average Bonchev–Trinajstić information content (AvgIpc) is 3.10. The van der Waals surface area contributed by atoms with Gasteiger partial charge < -0.3 is 9.31 Å². The third kappa shape index (κ3) is 3.65. The maximum absolute atomic E-state index is 6.25. The Hall–Kier alpha value is -3.47. The van der Waals surface area contributed by atoms with Crippen LogP contribution in [-0.2, 0) is 9.31 Å². The lowest BCUT2D eigenvalue weighted by Gasteiger charge is -2.32. The first kappa shape index (κ1) is 22.0. The van der Waals surface area contributed by atoms with Crippen molar-refractivity contribution in [1.29, 1.82) is 0 Å². The van der Waals surface area contributed by atoms with Gasteiger partial charge in [0.15, 0.2) is 0 Å². The lowest BCUT2D eigenvalue weighted by molar-refractivity contribution is 0.00578. The van der Waals surface area contributed by atoms with Crippen LogP contribution in [0.5, 0.6) is 0 Å². The number of benzene rings is 4. The van der Waals surface area contributed by atoms with E-state index in [1.807, 2.05) is 0 Å². The summed E-state index contributed by atoms with van der Waals surface area (Å²) in [4.78, 5) is 5.12. The predicted octanol–water partition coefficient (Wildman–Crippen LogP) is 7.02. The zero-order valence-corrected chi connectivity index (χ0v) is 20.6. The number of nitrogens with zero attached hydrogens (tertiary/aromatic N) is 1. The summed E-state index contributed by atoms with van der Waals surface area (Å²) in [5, 5.41) is 3.54. The Morgan fingerprint density at radius 2 is 1.23 bits per heavy atom. The van der Waals surface area contributed by atoms with E-state index in [0.717, 1.165) is 27.6 Å². The van der Waals surface area contributed by atoms with E-state index in [2.05, 4.69) is 125 Å². The molecule has 172 valence electrons. The second-order valence-corrected chi connectivity index (χ2v) is 10.3. The molecule has 0 aliphatic carbocycles. The maximum atomic E-state index is 6.25. The quantitative estimate of drug-likeness (QED) is 0.216. The topological polar surface area (TPSA) is 31.4 Å². The molecular formula is C31H28BNO2. The van der Waals surface area contributed by atoms with Crippen LogP contribution in [0.25, 0.3) is 44.1 Å². The van der Waals surface area contributed by atoms with Crippen LogP contribution < -0.4 is 5.46 Å². The molecule has 1 aromatic heterocycles. The van der Waals surface area contributed by atoms with E-state index in [1.54, 1.807) is 0 Å². The minimum Gasteiger partial charge on any atom is -0.399 e. The lowest BCUT2D eigenvalue weighted by atomic mass is 9.78. The highest BCUT2D eigenvalue weighted by molar-refractivity contribution is 6.62. The fraction of sp³-hybridized carbons (Fsp3) is 0.194. The van der Waals surface area contributed by atoms with E-state index >= 15 is 0 Å². The van der Waals surface area contributed by atoms with Gasteiger partial charge in [-0.05, 0) is 50.4 Å². The second-order valence-electron chi connectivity index (χ2n) is 10.3. The minimum atomic E-state index is -0.375. The average molecular weight is 457 g/mol. The summed E-state index contributed by atoms with van der Waals surface area (Å²) in [6.45, 7) is 8.32. The van der Waals surface area contributed by atoms with Crippen LogP contribution in [0.3, 0.4) is 0 Å². The van der Waals surface area contributed by atoms with Crippen molar-refractivity contribution in [2.45, 2.75) is 38.9 Å². The molecule has 3 nitrogen and oxygen atoms in total. The molecule has 0 radical (unpaired) electrons. The number of hydrogen-bond donors (Lipinski definition) is 0. The Balaban J connectivity index is 1.50. The van der Waals surface area contributed by atoms with Gasteiger partial charge in [-0.1, -0.05) is 91.0 Å².